The SMILES string of the molecule is CCC(Cl)(CC)OC1OC(COCCC[N+](C)(C)CCCN(C)C)C(C(C)(CC)OC(CC)(CC)C2OC(CO)C(C(CC)(CC)OC(CC)(CC)C3OC(COCCCN(C)C)C(C(O)(CC)CC)C(O)C3O)C(O)C2O)C(O)C1O. The molecule has 0 spiro atoms. The second-order valence-electron chi connectivity index (χ2n) is 25.8. The number of quaternary nitrogens is 1. The van der Waals surface area contributed by atoms with E-state index in [9.17, 15) is 40.9 Å². The van der Waals surface area contributed by atoms with E-state index in [0.717, 1.165) is 49.9 Å². The third kappa shape index (κ3) is 17.9. The van der Waals surface area contributed by atoms with Crippen LogP contribution in [-0.2, 0) is 37.9 Å². The molecule has 0 bridgehead atoms. The second-order valence-corrected chi connectivity index (χ2v) is 26.5. The maximum atomic E-state index is 12.9. The number of nitrogens with zero attached hydrogens (tertiary/aromatic N) is 3. The van der Waals surface area contributed by atoms with Crippen molar-refractivity contribution in [2.45, 2.75) is 279 Å². The van der Waals surface area contributed by atoms with Crippen LogP contribution >= 0.6 is 11.6 Å². The van der Waals surface area contributed by atoms with E-state index in [1.807, 2.05) is 97.2 Å². The van der Waals surface area contributed by atoms with Crippen molar-refractivity contribution in [2.24, 2.45) is 17.8 Å². The maximum Gasteiger partial charge on any atom is 0.188 e. The highest BCUT2D eigenvalue weighted by molar-refractivity contribution is 6.22. The van der Waals surface area contributed by atoms with Crippen molar-refractivity contribution >= 4 is 11.6 Å². The van der Waals surface area contributed by atoms with Crippen LogP contribution in [0.3, 0.4) is 0 Å². The van der Waals surface area contributed by atoms with E-state index in [4.69, 9.17) is 49.5 Å². The summed E-state index contributed by atoms with van der Waals surface area (Å²) in [6.45, 7) is 26.8. The monoisotopic (exact) mass is 1200 g/mol. The van der Waals surface area contributed by atoms with E-state index in [-0.39, 0.29) is 38.9 Å². The van der Waals surface area contributed by atoms with Crippen LogP contribution in [0.1, 0.15) is 173 Å². The highest BCUT2D eigenvalue weighted by Gasteiger charge is 2.64. The Balaban J connectivity index is 2.08. The number of halogens is 1. The summed E-state index contributed by atoms with van der Waals surface area (Å²) in [4.78, 5) is 4.25. The molecule has 82 heavy (non-hydrogen) atoms. The van der Waals surface area contributed by atoms with Crippen molar-refractivity contribution in [1.82, 2.24) is 9.80 Å². The van der Waals surface area contributed by atoms with Gasteiger partial charge in [0.15, 0.2) is 6.29 Å². The average molecular weight is 1200 g/mol. The van der Waals surface area contributed by atoms with E-state index in [0.29, 0.717) is 58.2 Å². The Labute approximate surface area is 501 Å². The Morgan fingerprint density at radius 1 is 0.488 bits per heavy atom. The molecule has 0 amide bonds. The molecule has 0 radical (unpaired) electrons. The molecule has 0 saturated carbocycles. The molecule has 3 saturated heterocycles. The Morgan fingerprint density at radius 2 is 0.915 bits per heavy atom. The predicted molar refractivity (Wildman–Crippen MR) is 321 cm³/mol. The normalized spacial score (nSPS) is 31.1. The van der Waals surface area contributed by atoms with Crippen LogP contribution in [-0.4, -0.2) is 263 Å². The molecule has 3 heterocycles. The molecule has 19 nitrogen and oxygen atoms in total. The van der Waals surface area contributed by atoms with Crippen LogP contribution in [0.2, 0.25) is 0 Å². The van der Waals surface area contributed by atoms with E-state index < -0.39 is 131 Å². The lowest BCUT2D eigenvalue weighted by Crippen LogP contribution is -2.72. The number of alkyl halides is 1. The molecule has 16 unspecified atom stereocenters. The highest BCUT2D eigenvalue weighted by Crippen LogP contribution is 2.52. The zero-order valence-corrected chi connectivity index (χ0v) is 55.2. The molecule has 16 atom stereocenters. The van der Waals surface area contributed by atoms with E-state index in [1.54, 1.807) is 0 Å². The minimum atomic E-state index is -1.60. The van der Waals surface area contributed by atoms with Gasteiger partial charge in [0.05, 0.1) is 118 Å². The highest BCUT2D eigenvalue weighted by atomic mass is 35.5. The quantitative estimate of drug-likeness (QED) is 0.0204. The first kappa shape index (κ1) is 75.8. The molecule has 3 rings (SSSR count). The Bertz CT molecular complexity index is 1770. The largest absolute Gasteiger partial charge is 0.394 e. The van der Waals surface area contributed by atoms with Gasteiger partial charge in [0.25, 0.3) is 0 Å². The van der Waals surface area contributed by atoms with Gasteiger partial charge < -0.3 is 93.0 Å². The summed E-state index contributed by atoms with van der Waals surface area (Å²) in [5.74, 6) is -2.84. The lowest BCUT2D eigenvalue weighted by molar-refractivity contribution is -0.890. The van der Waals surface area contributed by atoms with Gasteiger partial charge in [-0.05, 0) is 119 Å². The first-order valence-electron chi connectivity index (χ1n) is 31.9. The Morgan fingerprint density at radius 3 is 1.37 bits per heavy atom. The fraction of sp³-hybridized carbons (Fsp3) is 1.00. The summed E-state index contributed by atoms with van der Waals surface area (Å²) in [5, 5.41) is 96.8. The number of aliphatic hydroxyl groups excluding tert-OH is 7. The molecule has 0 aliphatic carbocycles. The average Bonchev–Trinajstić information content (AvgIpc) is 2.89. The number of aliphatic hydroxyl groups is 8. The Hall–Kier alpha value is -0.470. The number of rotatable bonds is 39. The fourth-order valence-electron chi connectivity index (χ4n) is 14.0. The smallest absolute Gasteiger partial charge is 0.188 e. The maximum absolute atomic E-state index is 12.9. The molecule has 0 aromatic rings. The van der Waals surface area contributed by atoms with Crippen LogP contribution in [0.4, 0.5) is 0 Å². The standard InChI is InChI=1S/C62H123ClN3O16/c1-19-57(12,45-43(40-76-38-32-36-66(17,18)35-30-33-64(13)14)79-56(53(73)48(45)68)80-62(63,28-10)29-11)81-60(24-6,25-7)54-52(72)50(70)47(42(39-67)77-54)59(22-4,23-5)82-61(26-8,27-9)55-51(71)49(69)46(58(74,20-2)21-3)44(78-55)41-75-37-31-34-65(15)16/h42-56,67-74H,19-41H2,1-18H3/q+1. The van der Waals surface area contributed by atoms with Crippen LogP contribution in [0.25, 0.3) is 0 Å². The van der Waals surface area contributed by atoms with E-state index in [1.165, 1.54) is 0 Å². The molecule has 0 aromatic heterocycles. The number of hydrogen-bond donors (Lipinski definition) is 8. The number of ether oxygens (including phenoxy) is 8. The summed E-state index contributed by atoms with van der Waals surface area (Å²) in [5.41, 5.74) is -6.65. The Kier molecular flexibility index (Phi) is 30.8. The molecular formula is C62H123ClN3O16+. The third-order valence-corrected chi connectivity index (χ3v) is 20.6. The van der Waals surface area contributed by atoms with Crippen molar-refractivity contribution < 1.29 is 83.2 Å². The summed E-state index contributed by atoms with van der Waals surface area (Å²) in [6.07, 6.45) is -9.45. The summed E-state index contributed by atoms with van der Waals surface area (Å²) in [6, 6.07) is 0. The lowest BCUT2D eigenvalue weighted by Gasteiger charge is -2.59. The first-order valence-corrected chi connectivity index (χ1v) is 32.3. The first-order chi connectivity index (χ1) is 38.5. The molecule has 8 N–H and O–H groups in total. The minimum absolute atomic E-state index is 0.0381. The van der Waals surface area contributed by atoms with Crippen molar-refractivity contribution in [3.05, 3.63) is 0 Å². The molecule has 488 valence electrons. The summed E-state index contributed by atoms with van der Waals surface area (Å²) >= 11 is 6.89. The van der Waals surface area contributed by atoms with Crippen molar-refractivity contribution in [2.75, 3.05) is 101 Å². The van der Waals surface area contributed by atoms with Gasteiger partial charge >= 0.3 is 0 Å². The van der Waals surface area contributed by atoms with Gasteiger partial charge in [-0.15, -0.1) is 0 Å². The molecule has 20 heteroatoms. The van der Waals surface area contributed by atoms with E-state index in [2.05, 4.69) is 38.0 Å². The topological polar surface area (TPSA) is 242 Å². The van der Waals surface area contributed by atoms with Crippen LogP contribution < -0.4 is 0 Å². The molecule has 3 aliphatic heterocycles. The summed E-state index contributed by atoms with van der Waals surface area (Å²) in [7, 11) is 12.6. The molecule has 0 aromatic carbocycles. The van der Waals surface area contributed by atoms with Gasteiger partial charge in [0.1, 0.15) is 35.6 Å². The van der Waals surface area contributed by atoms with Gasteiger partial charge in [-0.3, -0.25) is 0 Å². The predicted octanol–water partition coefficient (Wildman–Crippen LogP) is 5.86. The molecular weight excluding hydrogens is 1080 g/mol. The zero-order valence-electron chi connectivity index (χ0n) is 54.5. The van der Waals surface area contributed by atoms with Crippen LogP contribution in [0.15, 0.2) is 0 Å². The van der Waals surface area contributed by atoms with Gasteiger partial charge in [-0.2, -0.15) is 0 Å². The van der Waals surface area contributed by atoms with E-state index >= 15 is 0 Å². The van der Waals surface area contributed by atoms with Crippen molar-refractivity contribution in [1.29, 1.82) is 0 Å². The fourth-order valence-corrected chi connectivity index (χ4v) is 14.1. The van der Waals surface area contributed by atoms with Crippen LogP contribution in [0, 0.1) is 17.8 Å². The second kappa shape index (κ2) is 33.4. The molecule has 3 fully saturated rings. The van der Waals surface area contributed by atoms with Crippen LogP contribution in [0.5, 0.6) is 0 Å². The van der Waals surface area contributed by atoms with Gasteiger partial charge in [-0.1, -0.05) is 87.8 Å². The van der Waals surface area contributed by atoms with Gasteiger partial charge in [0, 0.05) is 43.7 Å². The minimum Gasteiger partial charge on any atom is -0.394 e. The zero-order chi connectivity index (χ0) is 62.2. The summed E-state index contributed by atoms with van der Waals surface area (Å²) < 4.78 is 55.2. The lowest BCUT2D eigenvalue weighted by atomic mass is 9.68. The van der Waals surface area contributed by atoms with Gasteiger partial charge in [-0.25, -0.2) is 0 Å². The van der Waals surface area contributed by atoms with Crippen molar-refractivity contribution in [3.63, 3.8) is 0 Å². The van der Waals surface area contributed by atoms with Gasteiger partial charge in [0.2, 0.25) is 0 Å². The molecule has 3 aliphatic rings. The van der Waals surface area contributed by atoms with Crippen molar-refractivity contribution in [3.8, 4) is 0 Å². The number of hydrogen-bond acceptors (Lipinski definition) is 18. The third-order valence-electron chi connectivity index (χ3n) is 20.0.